The highest BCUT2D eigenvalue weighted by Gasteiger charge is 2.46. The van der Waals surface area contributed by atoms with E-state index in [0.717, 1.165) is 17.7 Å². The van der Waals surface area contributed by atoms with Gasteiger partial charge in [0.15, 0.2) is 20.8 Å². The summed E-state index contributed by atoms with van der Waals surface area (Å²) >= 11 is 0. The van der Waals surface area contributed by atoms with Crippen LogP contribution in [0, 0.1) is 5.41 Å². The van der Waals surface area contributed by atoms with Gasteiger partial charge in [-0.25, -0.2) is 16.9 Å². The van der Waals surface area contributed by atoms with Crippen LogP contribution < -0.4 is 9.47 Å². The zero-order valence-electron chi connectivity index (χ0n) is 20.6. The van der Waals surface area contributed by atoms with E-state index in [1.165, 1.54) is 24.3 Å². The van der Waals surface area contributed by atoms with Crippen molar-refractivity contribution in [3.63, 3.8) is 0 Å². The third kappa shape index (κ3) is 6.56. The van der Waals surface area contributed by atoms with Crippen molar-refractivity contribution >= 4 is 25.9 Å². The van der Waals surface area contributed by atoms with E-state index >= 15 is 0 Å². The van der Waals surface area contributed by atoms with E-state index in [2.05, 4.69) is 4.74 Å². The fourth-order valence-corrected chi connectivity index (χ4v) is 8.24. The van der Waals surface area contributed by atoms with Gasteiger partial charge < -0.3 is 9.47 Å². The van der Waals surface area contributed by atoms with Gasteiger partial charge in [0.1, 0.15) is 11.5 Å². The van der Waals surface area contributed by atoms with Gasteiger partial charge in [0, 0.05) is 19.5 Å². The summed E-state index contributed by atoms with van der Waals surface area (Å²) in [6.07, 6.45) is 3.15. The van der Waals surface area contributed by atoms with Crippen molar-refractivity contribution in [2.24, 2.45) is 5.41 Å². The molecule has 37 heavy (non-hydrogen) atoms. The molecular weight excluding hydrogens is 524 g/mol. The van der Waals surface area contributed by atoms with E-state index in [0.29, 0.717) is 45.4 Å². The van der Waals surface area contributed by atoms with Gasteiger partial charge in [-0.05, 0) is 86.4 Å². The standard InChI is InChI=1S/C26H31F2NO6S2/c1-2-34-20-5-3-19(4-6-20)17-24(30)36(31)29-15-13-26(14-16-29)12-11-23(18-26)37(32,33)22-9-7-21(8-10-22)35-25(27)28/h3-10,23,25H,2,11-18H2,1H3. The topological polar surface area (TPSA) is 90.0 Å². The molecule has 7 nitrogen and oxygen atoms in total. The Hall–Kier alpha value is -2.37. The number of alkyl halides is 2. The summed E-state index contributed by atoms with van der Waals surface area (Å²) in [5.74, 6) is 0.630. The predicted molar refractivity (Wildman–Crippen MR) is 136 cm³/mol. The summed E-state index contributed by atoms with van der Waals surface area (Å²) in [5.41, 5.74) is 0.600. The number of carbonyl (C=O) groups is 1. The molecule has 0 bridgehead atoms. The number of hydrogen-bond acceptors (Lipinski definition) is 6. The Morgan fingerprint density at radius 3 is 2.27 bits per heavy atom. The molecule has 4 rings (SSSR count). The largest absolute Gasteiger partial charge is 0.494 e. The Labute approximate surface area is 218 Å². The summed E-state index contributed by atoms with van der Waals surface area (Å²) in [7, 11) is -5.38. The van der Waals surface area contributed by atoms with Crippen molar-refractivity contribution in [3.05, 3.63) is 54.1 Å². The Kier molecular flexibility index (Phi) is 8.65. The lowest BCUT2D eigenvalue weighted by Crippen LogP contribution is -2.42. The molecule has 0 N–H and O–H groups in total. The van der Waals surface area contributed by atoms with Crippen LogP contribution in [0.4, 0.5) is 8.78 Å². The molecule has 2 aromatic carbocycles. The van der Waals surface area contributed by atoms with Gasteiger partial charge in [-0.1, -0.05) is 12.1 Å². The molecule has 2 aliphatic rings. The first-order valence-corrected chi connectivity index (χ1v) is 15.0. The highest BCUT2D eigenvalue weighted by atomic mass is 32.2. The number of nitrogens with zero attached hydrogens (tertiary/aromatic N) is 1. The molecule has 11 heteroatoms. The number of rotatable bonds is 9. The van der Waals surface area contributed by atoms with Crippen LogP contribution in [0.25, 0.3) is 0 Å². The molecule has 2 fully saturated rings. The third-order valence-electron chi connectivity index (χ3n) is 7.27. The van der Waals surface area contributed by atoms with E-state index < -0.39 is 32.7 Å². The molecule has 0 amide bonds. The molecule has 1 aliphatic carbocycles. The number of carbonyl (C=O) groups excluding carboxylic acids is 1. The smallest absolute Gasteiger partial charge is 0.387 e. The number of ether oxygens (including phenoxy) is 2. The van der Waals surface area contributed by atoms with Crippen molar-refractivity contribution in [1.82, 2.24) is 4.31 Å². The highest BCUT2D eigenvalue weighted by Crippen LogP contribution is 2.49. The minimum Gasteiger partial charge on any atom is -0.494 e. The number of piperidine rings is 1. The second kappa shape index (κ2) is 11.6. The quantitative estimate of drug-likeness (QED) is 0.452. The molecular formula is C26H31F2NO6S2. The lowest BCUT2D eigenvalue weighted by molar-refractivity contribution is -0.111. The van der Waals surface area contributed by atoms with Crippen LogP contribution >= 0.6 is 0 Å². The monoisotopic (exact) mass is 555 g/mol. The summed E-state index contributed by atoms with van der Waals surface area (Å²) in [4.78, 5) is 12.7. The number of hydrogen-bond donors (Lipinski definition) is 0. The van der Waals surface area contributed by atoms with Gasteiger partial charge >= 0.3 is 6.61 Å². The predicted octanol–water partition coefficient (Wildman–Crippen LogP) is 4.53. The van der Waals surface area contributed by atoms with Crippen LogP contribution in [0.5, 0.6) is 11.5 Å². The molecule has 1 saturated carbocycles. The van der Waals surface area contributed by atoms with Crippen molar-refractivity contribution in [2.45, 2.75) is 62.2 Å². The average molecular weight is 556 g/mol. The van der Waals surface area contributed by atoms with E-state index in [1.807, 2.05) is 6.92 Å². The Bertz CT molecular complexity index is 1210. The van der Waals surface area contributed by atoms with Crippen molar-refractivity contribution in [1.29, 1.82) is 0 Å². The first-order valence-electron chi connectivity index (χ1n) is 12.3. The van der Waals surface area contributed by atoms with Gasteiger partial charge in [-0.2, -0.15) is 8.78 Å². The molecule has 2 aromatic rings. The number of benzene rings is 2. The maximum absolute atomic E-state index is 13.2. The maximum atomic E-state index is 13.2. The van der Waals surface area contributed by atoms with Crippen molar-refractivity contribution in [2.75, 3.05) is 19.7 Å². The van der Waals surface area contributed by atoms with Crippen LogP contribution in [-0.4, -0.2) is 53.6 Å². The van der Waals surface area contributed by atoms with Crippen molar-refractivity contribution < 1.29 is 35.7 Å². The van der Waals surface area contributed by atoms with E-state index in [1.54, 1.807) is 28.6 Å². The molecule has 202 valence electrons. The van der Waals surface area contributed by atoms with Gasteiger partial charge in [-0.3, -0.25) is 4.79 Å². The normalized spacial score (nSPS) is 20.7. The third-order valence-corrected chi connectivity index (χ3v) is 10.8. The van der Waals surface area contributed by atoms with E-state index in [9.17, 15) is 26.2 Å². The summed E-state index contributed by atoms with van der Waals surface area (Å²) < 4.78 is 75.4. The second-order valence-electron chi connectivity index (χ2n) is 9.56. The Balaban J connectivity index is 1.31. The Morgan fingerprint density at radius 1 is 1.05 bits per heavy atom. The van der Waals surface area contributed by atoms with Gasteiger partial charge in [0.2, 0.25) is 5.12 Å². The number of sulfone groups is 1. The fraction of sp³-hybridized carbons (Fsp3) is 0.500. The maximum Gasteiger partial charge on any atom is 0.387 e. The van der Waals surface area contributed by atoms with Crippen LogP contribution in [0.3, 0.4) is 0 Å². The fourth-order valence-electron chi connectivity index (χ4n) is 5.25. The minimum atomic E-state index is -3.62. The first kappa shape index (κ1) is 27.7. The summed E-state index contributed by atoms with van der Waals surface area (Å²) in [6, 6.07) is 12.3. The summed E-state index contributed by atoms with van der Waals surface area (Å²) in [6.45, 7) is 0.405. The second-order valence-corrected chi connectivity index (χ2v) is 13.3. The van der Waals surface area contributed by atoms with Crippen LogP contribution in [0.1, 0.15) is 44.6 Å². The molecule has 1 heterocycles. The van der Waals surface area contributed by atoms with E-state index in [-0.39, 0.29) is 27.6 Å². The molecule has 1 aliphatic heterocycles. The van der Waals surface area contributed by atoms with Crippen molar-refractivity contribution in [3.8, 4) is 11.5 Å². The first-order chi connectivity index (χ1) is 17.6. The Morgan fingerprint density at radius 2 is 1.68 bits per heavy atom. The van der Waals surface area contributed by atoms with Gasteiger partial charge in [0.25, 0.3) is 0 Å². The minimum absolute atomic E-state index is 0.0715. The molecule has 1 saturated heterocycles. The molecule has 0 aromatic heterocycles. The van der Waals surface area contributed by atoms with Crippen LogP contribution in [0.2, 0.25) is 0 Å². The molecule has 2 atom stereocenters. The lowest BCUT2D eigenvalue weighted by atomic mass is 9.78. The zero-order valence-corrected chi connectivity index (χ0v) is 22.2. The van der Waals surface area contributed by atoms with E-state index in [4.69, 9.17) is 4.74 Å². The average Bonchev–Trinajstić information content (AvgIpc) is 3.30. The highest BCUT2D eigenvalue weighted by molar-refractivity contribution is 7.98. The number of halogens is 2. The summed E-state index contributed by atoms with van der Waals surface area (Å²) in [5, 5.41) is -0.918. The van der Waals surface area contributed by atoms with Crippen LogP contribution in [-0.2, 0) is 32.0 Å². The molecule has 0 radical (unpaired) electrons. The lowest BCUT2D eigenvalue weighted by Gasteiger charge is -2.38. The van der Waals surface area contributed by atoms with Gasteiger partial charge in [0.05, 0.1) is 16.8 Å². The van der Waals surface area contributed by atoms with Gasteiger partial charge in [-0.15, -0.1) is 0 Å². The molecule has 2 unspecified atom stereocenters. The molecule has 1 spiro atoms. The zero-order chi connectivity index (χ0) is 26.6. The SMILES string of the molecule is CCOc1ccc(CC(=O)S(=O)N2CCC3(CCC(S(=O)(=O)c4ccc(OC(F)F)cc4)C3)CC2)cc1. The van der Waals surface area contributed by atoms with Crippen LogP contribution in [0.15, 0.2) is 53.4 Å².